The molecule has 0 bridgehead atoms. The highest BCUT2D eigenvalue weighted by atomic mass is 16.6. The smallest absolute Gasteiger partial charge is 0.303 e. The molecule has 0 radical (unpaired) electrons. The maximum Gasteiger partial charge on any atom is 0.303 e. The highest BCUT2D eigenvalue weighted by Crippen LogP contribution is 2.26. The van der Waals surface area contributed by atoms with Crippen LogP contribution in [0.15, 0.2) is 48.6 Å². The summed E-state index contributed by atoms with van der Waals surface area (Å²) in [5, 5.41) is 8.53. The number of carboxylic acid groups (broad SMARTS) is 1. The number of allylic oxidation sites excluding steroid dienone is 6. The average molecular weight is 318 g/mol. The molecule has 2 unspecified atom stereocenters. The van der Waals surface area contributed by atoms with Gasteiger partial charge in [-0.15, -0.1) is 0 Å². The van der Waals surface area contributed by atoms with E-state index in [9.17, 15) is 4.79 Å². The van der Waals surface area contributed by atoms with Gasteiger partial charge in [-0.3, -0.25) is 4.79 Å². The highest BCUT2D eigenvalue weighted by Gasteiger charge is 2.34. The largest absolute Gasteiger partial charge is 0.481 e. The Morgan fingerprint density at radius 1 is 1.00 bits per heavy atom. The van der Waals surface area contributed by atoms with Crippen molar-refractivity contribution in [3.63, 3.8) is 0 Å². The predicted molar refractivity (Wildman–Crippen MR) is 95.5 cm³/mol. The number of carboxylic acids is 1. The number of carbonyl (C=O) groups is 1. The lowest BCUT2D eigenvalue weighted by Gasteiger charge is -1.90. The van der Waals surface area contributed by atoms with Gasteiger partial charge >= 0.3 is 5.97 Å². The summed E-state index contributed by atoms with van der Waals surface area (Å²) in [4.78, 5) is 10.4. The van der Waals surface area contributed by atoms with Crippen molar-refractivity contribution >= 4 is 5.97 Å². The first-order valence-electron chi connectivity index (χ1n) is 8.76. The third-order valence-corrected chi connectivity index (χ3v) is 3.66. The van der Waals surface area contributed by atoms with Crippen molar-refractivity contribution in [2.75, 3.05) is 0 Å². The molecule has 1 heterocycles. The summed E-state index contributed by atoms with van der Waals surface area (Å²) in [6, 6.07) is 0. The van der Waals surface area contributed by atoms with Crippen LogP contribution in [0.3, 0.4) is 0 Å². The van der Waals surface area contributed by atoms with Gasteiger partial charge < -0.3 is 9.84 Å². The number of epoxide rings is 1. The van der Waals surface area contributed by atoms with E-state index in [1.807, 2.05) is 12.2 Å². The Bertz CT molecular complexity index is 432. The van der Waals surface area contributed by atoms with Crippen molar-refractivity contribution in [3.8, 4) is 0 Å². The standard InChI is InChI=1S/C20H30O3/c1-2-3-4-5-6-7-8-9-12-15-18-19(23-18)16-13-10-11-14-17-20(21)22/h6-10,12-13,15,18-19H,2-5,11,14,16-17H2,1H3,(H,21,22). The second-order valence-electron chi connectivity index (χ2n) is 5.83. The fraction of sp³-hybridized carbons (Fsp3) is 0.550. The van der Waals surface area contributed by atoms with E-state index in [4.69, 9.17) is 9.84 Å². The second kappa shape index (κ2) is 12.9. The fourth-order valence-corrected chi connectivity index (χ4v) is 2.22. The molecule has 23 heavy (non-hydrogen) atoms. The lowest BCUT2D eigenvalue weighted by molar-refractivity contribution is -0.137. The van der Waals surface area contributed by atoms with Gasteiger partial charge in [-0.1, -0.05) is 68.4 Å². The highest BCUT2D eigenvalue weighted by molar-refractivity contribution is 5.66. The fourth-order valence-electron chi connectivity index (χ4n) is 2.22. The van der Waals surface area contributed by atoms with Gasteiger partial charge in [-0.25, -0.2) is 0 Å². The van der Waals surface area contributed by atoms with Crippen LogP contribution in [0.1, 0.15) is 58.3 Å². The van der Waals surface area contributed by atoms with E-state index in [0.717, 1.165) is 19.3 Å². The molecule has 0 amide bonds. The van der Waals surface area contributed by atoms with Gasteiger partial charge in [0, 0.05) is 6.42 Å². The Morgan fingerprint density at radius 3 is 2.57 bits per heavy atom. The number of hydrogen-bond donors (Lipinski definition) is 1. The Kier molecular flexibility index (Phi) is 10.9. The van der Waals surface area contributed by atoms with Crippen molar-refractivity contribution in [2.24, 2.45) is 0 Å². The summed E-state index contributed by atoms with van der Waals surface area (Å²) in [5.74, 6) is -0.724. The molecule has 0 aromatic carbocycles. The summed E-state index contributed by atoms with van der Waals surface area (Å²) in [7, 11) is 0. The van der Waals surface area contributed by atoms with E-state index in [2.05, 4.69) is 43.4 Å². The van der Waals surface area contributed by atoms with Crippen molar-refractivity contribution in [1.82, 2.24) is 0 Å². The maximum atomic E-state index is 10.4. The van der Waals surface area contributed by atoms with E-state index in [1.54, 1.807) is 0 Å². The van der Waals surface area contributed by atoms with Crippen molar-refractivity contribution in [1.29, 1.82) is 0 Å². The minimum absolute atomic E-state index is 0.233. The molecule has 3 nitrogen and oxygen atoms in total. The normalized spacial score (nSPS) is 21.3. The average Bonchev–Trinajstić information content (AvgIpc) is 3.27. The topological polar surface area (TPSA) is 49.8 Å². The first kappa shape index (κ1) is 19.4. The number of hydrogen-bond acceptors (Lipinski definition) is 2. The molecule has 1 rings (SSSR count). The molecule has 128 valence electrons. The van der Waals surface area contributed by atoms with Crippen LogP contribution in [0.2, 0.25) is 0 Å². The zero-order valence-electron chi connectivity index (χ0n) is 14.2. The molecule has 0 spiro atoms. The number of rotatable bonds is 13. The summed E-state index contributed by atoms with van der Waals surface area (Å²) in [5.41, 5.74) is 0. The molecule has 0 aromatic rings. The Hall–Kier alpha value is -1.61. The maximum absolute atomic E-state index is 10.4. The molecule has 1 aliphatic rings. The molecule has 1 aliphatic heterocycles. The van der Waals surface area contributed by atoms with Gasteiger partial charge in [-0.05, 0) is 32.1 Å². The first-order chi connectivity index (χ1) is 11.2. The zero-order valence-corrected chi connectivity index (χ0v) is 14.2. The molecular formula is C20H30O3. The van der Waals surface area contributed by atoms with Gasteiger partial charge in [-0.2, -0.15) is 0 Å². The molecule has 2 atom stereocenters. The first-order valence-corrected chi connectivity index (χ1v) is 8.76. The van der Waals surface area contributed by atoms with Crippen LogP contribution in [-0.4, -0.2) is 23.3 Å². The second-order valence-corrected chi connectivity index (χ2v) is 5.83. The lowest BCUT2D eigenvalue weighted by atomic mass is 10.2. The van der Waals surface area contributed by atoms with E-state index in [-0.39, 0.29) is 12.5 Å². The van der Waals surface area contributed by atoms with Crippen LogP contribution in [0.5, 0.6) is 0 Å². The van der Waals surface area contributed by atoms with Crippen LogP contribution in [0.25, 0.3) is 0 Å². The minimum atomic E-state index is -0.724. The van der Waals surface area contributed by atoms with Crippen LogP contribution in [0.4, 0.5) is 0 Å². The number of ether oxygens (including phenoxy) is 1. The van der Waals surface area contributed by atoms with E-state index in [0.29, 0.717) is 12.5 Å². The molecular weight excluding hydrogens is 288 g/mol. The lowest BCUT2D eigenvalue weighted by Crippen LogP contribution is -1.92. The molecule has 1 fully saturated rings. The van der Waals surface area contributed by atoms with Crippen LogP contribution < -0.4 is 0 Å². The predicted octanol–water partition coefficient (Wildman–Crippen LogP) is 5.20. The van der Waals surface area contributed by atoms with Crippen molar-refractivity contribution in [3.05, 3.63) is 48.6 Å². The van der Waals surface area contributed by atoms with Gasteiger partial charge in [0.15, 0.2) is 0 Å². The molecule has 0 saturated carbocycles. The Balaban J connectivity index is 2.01. The molecule has 1 saturated heterocycles. The van der Waals surface area contributed by atoms with E-state index in [1.165, 1.54) is 19.3 Å². The monoisotopic (exact) mass is 318 g/mol. The van der Waals surface area contributed by atoms with E-state index >= 15 is 0 Å². The van der Waals surface area contributed by atoms with Crippen molar-refractivity contribution < 1.29 is 14.6 Å². The van der Waals surface area contributed by atoms with E-state index < -0.39 is 5.97 Å². The Labute approximate surface area is 140 Å². The van der Waals surface area contributed by atoms with Gasteiger partial charge in [0.1, 0.15) is 6.10 Å². The number of unbranched alkanes of at least 4 members (excludes halogenated alkanes) is 4. The summed E-state index contributed by atoms with van der Waals surface area (Å²) in [6.07, 6.45) is 24.9. The third-order valence-electron chi connectivity index (χ3n) is 3.66. The molecule has 1 N–H and O–H groups in total. The SMILES string of the molecule is CCCCCC=CC=CC=CC1OC1CC=CCCCC(=O)O. The van der Waals surface area contributed by atoms with Crippen LogP contribution in [-0.2, 0) is 9.53 Å². The van der Waals surface area contributed by atoms with Crippen LogP contribution >= 0.6 is 0 Å². The summed E-state index contributed by atoms with van der Waals surface area (Å²) < 4.78 is 5.55. The quantitative estimate of drug-likeness (QED) is 0.220. The zero-order chi connectivity index (χ0) is 16.8. The van der Waals surface area contributed by atoms with Crippen LogP contribution in [0, 0.1) is 0 Å². The number of aliphatic carboxylic acids is 1. The minimum Gasteiger partial charge on any atom is -0.481 e. The third kappa shape index (κ3) is 11.6. The molecule has 3 heteroatoms. The Morgan fingerprint density at radius 2 is 1.78 bits per heavy atom. The molecule has 0 aliphatic carbocycles. The van der Waals surface area contributed by atoms with Crippen molar-refractivity contribution in [2.45, 2.75) is 70.5 Å². The summed E-state index contributed by atoms with van der Waals surface area (Å²) in [6.45, 7) is 2.22. The van der Waals surface area contributed by atoms with Gasteiger partial charge in [0.25, 0.3) is 0 Å². The van der Waals surface area contributed by atoms with Gasteiger partial charge in [0.2, 0.25) is 0 Å². The van der Waals surface area contributed by atoms with Gasteiger partial charge in [0.05, 0.1) is 6.10 Å². The summed E-state index contributed by atoms with van der Waals surface area (Å²) >= 11 is 0. The molecule has 0 aromatic heterocycles.